The van der Waals surface area contributed by atoms with Crippen molar-refractivity contribution in [2.75, 3.05) is 17.3 Å². The zero-order valence-electron chi connectivity index (χ0n) is 23.4. The first-order chi connectivity index (χ1) is 17.2. The lowest BCUT2D eigenvalue weighted by Crippen LogP contribution is -2.31. The van der Waals surface area contributed by atoms with Crippen LogP contribution in [0.3, 0.4) is 0 Å². The number of halogens is 1. The molecule has 0 aliphatic heterocycles. The Hall–Kier alpha value is -2.84. The van der Waals surface area contributed by atoms with E-state index in [0.29, 0.717) is 17.5 Å². The second-order valence-electron chi connectivity index (χ2n) is 9.63. The van der Waals surface area contributed by atoms with Gasteiger partial charge in [0.2, 0.25) is 0 Å². The van der Waals surface area contributed by atoms with Crippen molar-refractivity contribution in [2.24, 2.45) is 5.92 Å². The number of nitriles is 1. The first kappa shape index (κ1) is 29.4. The Bertz CT molecular complexity index is 1200. The quantitative estimate of drug-likeness (QED) is 0.314. The lowest BCUT2D eigenvalue weighted by molar-refractivity contribution is 0.476. The zero-order valence-corrected chi connectivity index (χ0v) is 24.2. The summed E-state index contributed by atoms with van der Waals surface area (Å²) < 4.78 is 0. The third-order valence-electron chi connectivity index (χ3n) is 6.82. The van der Waals surface area contributed by atoms with Crippen molar-refractivity contribution >= 4 is 33.9 Å². The van der Waals surface area contributed by atoms with Crippen molar-refractivity contribution in [2.45, 2.75) is 86.7 Å². The van der Waals surface area contributed by atoms with Crippen LogP contribution >= 0.6 is 11.6 Å². The van der Waals surface area contributed by atoms with E-state index in [4.69, 9.17) is 11.6 Å². The van der Waals surface area contributed by atoms with Gasteiger partial charge >= 0.3 is 0 Å². The second kappa shape index (κ2) is 13.5. The van der Waals surface area contributed by atoms with Crippen LogP contribution in [0.25, 0.3) is 10.8 Å². The molecule has 0 aliphatic rings. The van der Waals surface area contributed by atoms with E-state index in [2.05, 4.69) is 67.3 Å². The molecule has 0 bridgehead atoms. The van der Waals surface area contributed by atoms with E-state index in [1.807, 2.05) is 52.0 Å². The minimum Gasteiger partial charge on any atom is -0.370 e. The summed E-state index contributed by atoms with van der Waals surface area (Å²) in [6, 6.07) is 12.6. The van der Waals surface area contributed by atoms with Gasteiger partial charge in [0.05, 0.1) is 34.1 Å². The van der Waals surface area contributed by atoms with Crippen LogP contribution in [0.5, 0.6) is 0 Å². The van der Waals surface area contributed by atoms with Gasteiger partial charge in [-0.25, -0.2) is 0 Å². The maximum absolute atomic E-state index is 9.42. The van der Waals surface area contributed by atoms with Crippen molar-refractivity contribution in [1.82, 2.24) is 10.2 Å². The van der Waals surface area contributed by atoms with Crippen LogP contribution in [0, 0.1) is 31.1 Å². The molecule has 0 aliphatic carbocycles. The lowest BCUT2D eigenvalue weighted by Gasteiger charge is -2.31. The molecule has 2 aromatic carbocycles. The molecule has 1 heterocycles. The zero-order chi connectivity index (χ0) is 27.0. The third-order valence-corrected chi connectivity index (χ3v) is 7.13. The van der Waals surface area contributed by atoms with Crippen LogP contribution in [0.2, 0.25) is 5.02 Å². The minimum atomic E-state index is -0.0419. The summed E-state index contributed by atoms with van der Waals surface area (Å²) in [4.78, 5) is 2.31. The fraction of sp³-hybridized carbons (Fsp3) is 0.500. The molecule has 3 rings (SSSR count). The fourth-order valence-electron chi connectivity index (χ4n) is 4.59. The predicted molar refractivity (Wildman–Crippen MR) is 155 cm³/mol. The molecule has 6 heteroatoms. The molecule has 0 spiro atoms. The van der Waals surface area contributed by atoms with Gasteiger partial charge < -0.3 is 10.2 Å². The molecule has 36 heavy (non-hydrogen) atoms. The summed E-state index contributed by atoms with van der Waals surface area (Å²) >= 11 is 6.80. The fourth-order valence-corrected chi connectivity index (χ4v) is 4.88. The summed E-state index contributed by atoms with van der Waals surface area (Å²) in [5.74, 6) is 1.39. The van der Waals surface area contributed by atoms with Gasteiger partial charge in [-0.05, 0) is 75.3 Å². The SMILES string of the molecule is CC.CCC(CCC(C)C)N(C)c1cc2c(N[C@H](C)c3cccc(C#N)c3C)nnc(C)c2cc1Cl. The van der Waals surface area contributed by atoms with Gasteiger partial charge in [0.1, 0.15) is 0 Å². The number of hydrogen-bond acceptors (Lipinski definition) is 5. The van der Waals surface area contributed by atoms with E-state index in [0.717, 1.165) is 57.0 Å². The third kappa shape index (κ3) is 6.68. The van der Waals surface area contributed by atoms with Crippen molar-refractivity contribution in [1.29, 1.82) is 5.26 Å². The number of benzene rings is 2. The summed E-state index contributed by atoms with van der Waals surface area (Å²) in [6.07, 6.45) is 3.37. The molecule has 0 radical (unpaired) electrons. The standard InChI is InChI=1S/C28H36ClN5.C2H6/c1-8-22(13-12-17(2)3)34(7)27-15-25-24(14-26(27)29)20(6)32-33-28(25)31-19(5)23-11-9-10-21(16-30)18(23)4;1-2/h9-11,14-15,17,19,22H,8,12-13H2,1-7H3,(H,31,33);1-2H3/t19-,22?;/m1./s1. The minimum absolute atomic E-state index is 0.0419. The van der Waals surface area contributed by atoms with Crippen LogP contribution < -0.4 is 10.2 Å². The average Bonchev–Trinajstić information content (AvgIpc) is 2.87. The highest BCUT2D eigenvalue weighted by molar-refractivity contribution is 6.34. The Labute approximate surface area is 222 Å². The van der Waals surface area contributed by atoms with Crippen LogP contribution in [-0.2, 0) is 0 Å². The van der Waals surface area contributed by atoms with Crippen molar-refractivity contribution < 1.29 is 0 Å². The summed E-state index contributed by atoms with van der Waals surface area (Å²) in [6.45, 7) is 16.8. The summed E-state index contributed by atoms with van der Waals surface area (Å²) in [5, 5.41) is 24.6. The molecule has 0 saturated heterocycles. The molecule has 194 valence electrons. The van der Waals surface area contributed by atoms with Gasteiger partial charge in [-0.15, -0.1) is 5.10 Å². The number of aryl methyl sites for hydroxylation is 1. The Balaban J connectivity index is 0.00000222. The first-order valence-corrected chi connectivity index (χ1v) is 13.5. The van der Waals surface area contributed by atoms with Gasteiger partial charge in [-0.2, -0.15) is 10.4 Å². The summed E-state index contributed by atoms with van der Waals surface area (Å²) in [5.41, 5.74) is 4.59. The number of anilines is 2. The molecular weight excluding hydrogens is 466 g/mol. The number of fused-ring (bicyclic) bond motifs is 1. The van der Waals surface area contributed by atoms with Crippen LogP contribution in [-0.4, -0.2) is 23.3 Å². The number of nitrogens with one attached hydrogen (secondary N) is 1. The van der Waals surface area contributed by atoms with E-state index >= 15 is 0 Å². The molecule has 1 aromatic heterocycles. The monoisotopic (exact) mass is 507 g/mol. The highest BCUT2D eigenvalue weighted by Gasteiger charge is 2.20. The Morgan fingerprint density at radius 3 is 2.36 bits per heavy atom. The molecule has 3 aromatic rings. The number of rotatable bonds is 9. The average molecular weight is 508 g/mol. The van der Waals surface area contributed by atoms with Crippen LogP contribution in [0.4, 0.5) is 11.5 Å². The van der Waals surface area contributed by atoms with Crippen molar-refractivity contribution in [3.63, 3.8) is 0 Å². The maximum atomic E-state index is 9.42. The summed E-state index contributed by atoms with van der Waals surface area (Å²) in [7, 11) is 2.13. The molecule has 0 saturated carbocycles. The first-order valence-electron chi connectivity index (χ1n) is 13.1. The van der Waals surface area contributed by atoms with E-state index in [1.165, 1.54) is 6.42 Å². The van der Waals surface area contributed by atoms with Crippen LogP contribution in [0.1, 0.15) is 89.2 Å². The molecular formula is C30H42ClN5. The highest BCUT2D eigenvalue weighted by Crippen LogP contribution is 2.37. The van der Waals surface area contributed by atoms with Gasteiger partial charge in [0, 0.05) is 23.9 Å². The number of nitrogens with zero attached hydrogens (tertiary/aromatic N) is 4. The van der Waals surface area contributed by atoms with Crippen molar-refractivity contribution in [3.8, 4) is 6.07 Å². The van der Waals surface area contributed by atoms with Gasteiger partial charge in [0.15, 0.2) is 5.82 Å². The number of hydrogen-bond donors (Lipinski definition) is 1. The topological polar surface area (TPSA) is 64.8 Å². The molecule has 1 unspecified atom stereocenters. The molecule has 0 fully saturated rings. The Kier molecular flexibility index (Phi) is 11.0. The highest BCUT2D eigenvalue weighted by atomic mass is 35.5. The maximum Gasteiger partial charge on any atom is 0.157 e. The molecule has 0 amide bonds. The van der Waals surface area contributed by atoms with E-state index in [-0.39, 0.29) is 6.04 Å². The van der Waals surface area contributed by atoms with Crippen LogP contribution in [0.15, 0.2) is 30.3 Å². The van der Waals surface area contributed by atoms with Gasteiger partial charge in [-0.3, -0.25) is 0 Å². The molecule has 5 nitrogen and oxygen atoms in total. The van der Waals surface area contributed by atoms with E-state index in [1.54, 1.807) is 0 Å². The lowest BCUT2D eigenvalue weighted by atomic mass is 9.98. The van der Waals surface area contributed by atoms with Gasteiger partial charge in [0.25, 0.3) is 0 Å². The normalized spacial score (nSPS) is 12.5. The van der Waals surface area contributed by atoms with E-state index in [9.17, 15) is 5.26 Å². The Morgan fingerprint density at radius 1 is 1.06 bits per heavy atom. The van der Waals surface area contributed by atoms with Gasteiger partial charge in [-0.1, -0.05) is 58.4 Å². The number of aromatic nitrogens is 2. The second-order valence-corrected chi connectivity index (χ2v) is 10.0. The predicted octanol–water partition coefficient (Wildman–Crippen LogP) is 8.62. The smallest absolute Gasteiger partial charge is 0.157 e. The Morgan fingerprint density at radius 2 is 1.75 bits per heavy atom. The van der Waals surface area contributed by atoms with Crippen molar-refractivity contribution in [3.05, 3.63) is 57.7 Å². The molecule has 2 atom stereocenters. The largest absolute Gasteiger partial charge is 0.370 e. The molecule has 1 N–H and O–H groups in total. The van der Waals surface area contributed by atoms with E-state index < -0.39 is 0 Å².